The average Bonchev–Trinajstić information content (AvgIpc) is 2.23. The number of Topliss-reactive ketones (excluding diaryl/α,β-unsaturated/α-hetero) is 1. The van der Waals surface area contributed by atoms with Gasteiger partial charge in [0.05, 0.1) is 13.5 Å². The summed E-state index contributed by atoms with van der Waals surface area (Å²) in [6.07, 6.45) is 0.246. The molecule has 0 atom stereocenters. The predicted octanol–water partition coefficient (Wildman–Crippen LogP) is 1.15. The van der Waals surface area contributed by atoms with Crippen LogP contribution < -0.4 is 0 Å². The number of ketones is 1. The molecule has 94 valence electrons. The smallest absolute Gasteiger partial charge is 0.367 e. The van der Waals surface area contributed by atoms with Gasteiger partial charge in [0.15, 0.2) is 0 Å². The molecule has 0 aliphatic heterocycles. The van der Waals surface area contributed by atoms with E-state index in [0.29, 0.717) is 6.42 Å². The normalized spacial score (nSPS) is 11.6. The molecule has 0 aromatic carbocycles. The second-order valence-corrected chi connectivity index (χ2v) is 3.97. The van der Waals surface area contributed by atoms with Crippen LogP contribution in [0.2, 0.25) is 0 Å². The third-order valence-corrected chi connectivity index (χ3v) is 2.22. The Morgan fingerprint density at radius 3 is 1.94 bits per heavy atom. The first-order valence-electron chi connectivity index (χ1n) is 5.12. The average molecular weight is 232 g/mol. The van der Waals surface area contributed by atoms with Crippen molar-refractivity contribution in [3.63, 3.8) is 0 Å². The molecule has 0 fully saturated rings. The maximum absolute atomic E-state index is 11.6. The van der Waals surface area contributed by atoms with Gasteiger partial charge in [0.1, 0.15) is 5.78 Å². The summed E-state index contributed by atoms with van der Waals surface area (Å²) in [5, 5.41) is 0. The summed E-state index contributed by atoms with van der Waals surface area (Å²) < 4.78 is 14.5. The minimum absolute atomic E-state index is 0.0934. The van der Waals surface area contributed by atoms with Crippen molar-refractivity contribution in [3.05, 3.63) is 0 Å². The third kappa shape index (κ3) is 3.90. The van der Waals surface area contributed by atoms with Crippen LogP contribution in [-0.4, -0.2) is 38.9 Å². The molecule has 0 aliphatic rings. The number of methoxy groups -OCH3 is 3. The Bertz CT molecular complexity index is 243. The largest absolute Gasteiger partial charge is 0.465 e. The quantitative estimate of drug-likeness (QED) is 0.487. The SMILES string of the molecule is COC(=O)C(CC(=O)CC(C)C)(OC)OC. The van der Waals surface area contributed by atoms with Gasteiger partial charge in [-0.25, -0.2) is 4.79 Å². The van der Waals surface area contributed by atoms with Crippen molar-refractivity contribution in [1.29, 1.82) is 0 Å². The zero-order valence-corrected chi connectivity index (χ0v) is 10.5. The van der Waals surface area contributed by atoms with Crippen molar-refractivity contribution < 1.29 is 23.8 Å². The molecular formula is C11H20O5. The van der Waals surface area contributed by atoms with Crippen molar-refractivity contribution in [2.45, 2.75) is 32.5 Å². The molecule has 5 heteroatoms. The van der Waals surface area contributed by atoms with Crippen LogP contribution in [0.15, 0.2) is 0 Å². The molecule has 0 radical (unpaired) electrons. The molecule has 5 nitrogen and oxygen atoms in total. The van der Waals surface area contributed by atoms with E-state index in [1.807, 2.05) is 13.8 Å². The van der Waals surface area contributed by atoms with Crippen molar-refractivity contribution >= 4 is 11.8 Å². The molecule has 0 saturated carbocycles. The van der Waals surface area contributed by atoms with Crippen LogP contribution >= 0.6 is 0 Å². The van der Waals surface area contributed by atoms with E-state index in [9.17, 15) is 9.59 Å². The first-order chi connectivity index (χ1) is 7.41. The van der Waals surface area contributed by atoms with Gasteiger partial charge in [-0.2, -0.15) is 0 Å². The van der Waals surface area contributed by atoms with Gasteiger partial charge in [0, 0.05) is 20.6 Å². The van der Waals surface area contributed by atoms with E-state index in [0.717, 1.165) is 0 Å². The first-order valence-corrected chi connectivity index (χ1v) is 5.12. The summed E-state index contributed by atoms with van der Waals surface area (Å²) in [7, 11) is 3.84. The molecule has 0 amide bonds. The van der Waals surface area contributed by atoms with E-state index < -0.39 is 11.8 Å². The molecule has 16 heavy (non-hydrogen) atoms. The van der Waals surface area contributed by atoms with Crippen molar-refractivity contribution in [1.82, 2.24) is 0 Å². The molecule has 0 saturated heterocycles. The topological polar surface area (TPSA) is 61.8 Å². The minimum Gasteiger partial charge on any atom is -0.465 e. The highest BCUT2D eigenvalue weighted by Crippen LogP contribution is 2.20. The number of esters is 1. The Morgan fingerprint density at radius 1 is 1.12 bits per heavy atom. The maximum atomic E-state index is 11.6. The van der Waals surface area contributed by atoms with E-state index in [4.69, 9.17) is 9.47 Å². The van der Waals surface area contributed by atoms with Crippen molar-refractivity contribution in [2.75, 3.05) is 21.3 Å². The molecular weight excluding hydrogens is 212 g/mol. The van der Waals surface area contributed by atoms with Crippen LogP contribution in [0.25, 0.3) is 0 Å². The van der Waals surface area contributed by atoms with E-state index in [1.54, 1.807) is 0 Å². The van der Waals surface area contributed by atoms with Gasteiger partial charge >= 0.3 is 5.97 Å². The Balaban J connectivity index is 4.67. The van der Waals surface area contributed by atoms with Crippen LogP contribution in [-0.2, 0) is 23.8 Å². The number of hydrogen-bond acceptors (Lipinski definition) is 5. The van der Waals surface area contributed by atoms with E-state index in [-0.39, 0.29) is 18.1 Å². The Kier molecular flexibility index (Phi) is 6.21. The summed E-state index contributed by atoms with van der Waals surface area (Å²) in [6.45, 7) is 3.86. The molecule has 0 spiro atoms. The molecule has 0 N–H and O–H groups in total. The fraction of sp³-hybridized carbons (Fsp3) is 0.818. The summed E-state index contributed by atoms with van der Waals surface area (Å²) in [5.74, 6) is -2.17. The summed E-state index contributed by atoms with van der Waals surface area (Å²) in [6, 6.07) is 0. The van der Waals surface area contributed by atoms with Gasteiger partial charge < -0.3 is 14.2 Å². The Labute approximate surface area is 96.1 Å². The van der Waals surface area contributed by atoms with Gasteiger partial charge in [0.2, 0.25) is 0 Å². The van der Waals surface area contributed by atoms with Crippen LogP contribution in [0.4, 0.5) is 0 Å². The first kappa shape index (κ1) is 15.1. The fourth-order valence-electron chi connectivity index (χ4n) is 1.41. The molecule has 0 unspecified atom stereocenters. The second kappa shape index (κ2) is 6.60. The summed E-state index contributed by atoms with van der Waals surface area (Å²) in [5.41, 5.74) is 0. The molecule has 0 aromatic heterocycles. The Morgan fingerprint density at radius 2 is 1.62 bits per heavy atom. The highest BCUT2D eigenvalue weighted by Gasteiger charge is 2.42. The number of carbonyl (C=O) groups excluding carboxylic acids is 2. The zero-order valence-electron chi connectivity index (χ0n) is 10.5. The summed E-state index contributed by atoms with van der Waals surface area (Å²) in [4.78, 5) is 23.1. The van der Waals surface area contributed by atoms with E-state index >= 15 is 0 Å². The van der Waals surface area contributed by atoms with Gasteiger partial charge in [-0.3, -0.25) is 4.79 Å². The predicted molar refractivity (Wildman–Crippen MR) is 57.8 cm³/mol. The van der Waals surface area contributed by atoms with Crippen molar-refractivity contribution in [3.8, 4) is 0 Å². The van der Waals surface area contributed by atoms with Crippen LogP contribution in [0.5, 0.6) is 0 Å². The lowest BCUT2D eigenvalue weighted by molar-refractivity contribution is -0.229. The molecule has 0 rings (SSSR count). The maximum Gasteiger partial charge on any atom is 0.367 e. The van der Waals surface area contributed by atoms with Gasteiger partial charge in [-0.15, -0.1) is 0 Å². The molecule has 0 heterocycles. The standard InChI is InChI=1S/C11H20O5/c1-8(2)6-9(12)7-11(15-4,16-5)10(13)14-3/h8H,6-7H2,1-5H3. The highest BCUT2D eigenvalue weighted by atomic mass is 16.7. The van der Waals surface area contributed by atoms with Crippen molar-refractivity contribution in [2.24, 2.45) is 5.92 Å². The highest BCUT2D eigenvalue weighted by molar-refractivity contribution is 5.87. The van der Waals surface area contributed by atoms with Gasteiger partial charge in [0.25, 0.3) is 5.79 Å². The van der Waals surface area contributed by atoms with Gasteiger partial charge in [-0.1, -0.05) is 13.8 Å². The molecule has 0 aromatic rings. The molecule has 0 aliphatic carbocycles. The van der Waals surface area contributed by atoms with Crippen LogP contribution in [0.1, 0.15) is 26.7 Å². The number of hydrogen-bond donors (Lipinski definition) is 0. The van der Waals surface area contributed by atoms with Gasteiger partial charge in [-0.05, 0) is 5.92 Å². The lowest BCUT2D eigenvalue weighted by Crippen LogP contribution is -2.45. The minimum atomic E-state index is -1.61. The molecule has 0 bridgehead atoms. The lowest BCUT2D eigenvalue weighted by Gasteiger charge is -2.27. The monoisotopic (exact) mass is 232 g/mol. The van der Waals surface area contributed by atoms with Crippen LogP contribution in [0, 0.1) is 5.92 Å². The number of carbonyl (C=O) groups is 2. The van der Waals surface area contributed by atoms with Crippen LogP contribution in [0.3, 0.4) is 0 Å². The lowest BCUT2D eigenvalue weighted by atomic mass is 10.0. The summed E-state index contributed by atoms with van der Waals surface area (Å²) >= 11 is 0. The number of ether oxygens (including phenoxy) is 3. The number of rotatable bonds is 7. The van der Waals surface area contributed by atoms with E-state index in [1.165, 1.54) is 21.3 Å². The second-order valence-electron chi connectivity index (χ2n) is 3.97. The zero-order chi connectivity index (χ0) is 12.8. The van der Waals surface area contributed by atoms with E-state index in [2.05, 4.69) is 4.74 Å². The Hall–Kier alpha value is -0.940. The third-order valence-electron chi connectivity index (χ3n) is 2.22. The fourth-order valence-corrected chi connectivity index (χ4v) is 1.41.